The van der Waals surface area contributed by atoms with E-state index in [1.54, 1.807) is 0 Å². The predicted octanol–water partition coefficient (Wildman–Crippen LogP) is 3.46. The van der Waals surface area contributed by atoms with Gasteiger partial charge in [0.05, 0.1) is 11.5 Å². The zero-order valence-corrected chi connectivity index (χ0v) is 11.6. The molecule has 18 heavy (non-hydrogen) atoms. The van der Waals surface area contributed by atoms with E-state index in [0.717, 1.165) is 19.4 Å². The fourth-order valence-electron chi connectivity index (χ4n) is 2.59. The molecule has 0 bridgehead atoms. The van der Waals surface area contributed by atoms with Crippen molar-refractivity contribution in [2.75, 3.05) is 24.2 Å². The van der Waals surface area contributed by atoms with Gasteiger partial charge >= 0.3 is 0 Å². The lowest BCUT2D eigenvalue weighted by Gasteiger charge is -2.24. The van der Waals surface area contributed by atoms with Crippen molar-refractivity contribution in [3.63, 3.8) is 0 Å². The first-order valence-electron chi connectivity index (χ1n) is 6.61. The second-order valence-electron chi connectivity index (χ2n) is 5.49. The third-order valence-corrected chi connectivity index (χ3v) is 5.17. The number of hydrogen-bond acceptors (Lipinski definition) is 3. The van der Waals surface area contributed by atoms with Crippen LogP contribution in [0.3, 0.4) is 0 Å². The van der Waals surface area contributed by atoms with Crippen LogP contribution in [0.4, 0.5) is 5.69 Å². The Hall–Kier alpha value is -1.14. The number of anilines is 1. The normalized spacial score (nSPS) is 19.8. The molecule has 0 saturated heterocycles. The van der Waals surface area contributed by atoms with E-state index in [2.05, 4.69) is 36.2 Å². The van der Waals surface area contributed by atoms with Crippen LogP contribution in [-0.4, -0.2) is 19.3 Å². The van der Waals surface area contributed by atoms with Gasteiger partial charge in [-0.2, -0.15) is 5.26 Å². The molecule has 1 aromatic rings. The third kappa shape index (κ3) is 2.22. The van der Waals surface area contributed by atoms with Crippen molar-refractivity contribution in [3.05, 3.63) is 23.8 Å². The lowest BCUT2D eigenvalue weighted by atomic mass is 10.1. The van der Waals surface area contributed by atoms with Gasteiger partial charge in [0, 0.05) is 24.2 Å². The molecule has 94 valence electrons. The van der Waals surface area contributed by atoms with Crippen molar-refractivity contribution in [1.29, 1.82) is 5.26 Å². The smallest absolute Gasteiger partial charge is 0.0749 e. The molecule has 2 aliphatic rings. The first kappa shape index (κ1) is 11.9. The standard InChI is InChI=1S/C15H18N2S/c1-17(11-15(10-16)6-7-15)13-4-5-14-12(9-13)3-2-8-18-14/h4-5,9H,2-3,6-8,11H2,1H3. The summed E-state index contributed by atoms with van der Waals surface area (Å²) < 4.78 is 0. The van der Waals surface area contributed by atoms with Crippen LogP contribution in [0.25, 0.3) is 0 Å². The Morgan fingerprint density at radius 1 is 1.44 bits per heavy atom. The van der Waals surface area contributed by atoms with Gasteiger partial charge < -0.3 is 4.90 Å². The number of nitrogens with zero attached hydrogens (tertiary/aromatic N) is 2. The molecule has 1 saturated carbocycles. The Kier molecular flexibility index (Phi) is 2.99. The number of nitriles is 1. The lowest BCUT2D eigenvalue weighted by Crippen LogP contribution is -2.25. The number of benzene rings is 1. The topological polar surface area (TPSA) is 27.0 Å². The van der Waals surface area contributed by atoms with Gasteiger partial charge in [0.25, 0.3) is 0 Å². The maximum absolute atomic E-state index is 9.16. The van der Waals surface area contributed by atoms with Crippen LogP contribution in [0.1, 0.15) is 24.8 Å². The van der Waals surface area contributed by atoms with E-state index >= 15 is 0 Å². The van der Waals surface area contributed by atoms with Crippen molar-refractivity contribution in [1.82, 2.24) is 0 Å². The number of aryl methyl sites for hydroxylation is 1. The number of rotatable bonds is 3. The lowest BCUT2D eigenvalue weighted by molar-refractivity contribution is 0.652. The Bertz CT molecular complexity index is 500. The monoisotopic (exact) mass is 258 g/mol. The molecule has 0 atom stereocenters. The summed E-state index contributed by atoms with van der Waals surface area (Å²) >= 11 is 1.97. The molecule has 1 heterocycles. The zero-order valence-electron chi connectivity index (χ0n) is 10.8. The van der Waals surface area contributed by atoms with Crippen LogP contribution in [0.15, 0.2) is 23.1 Å². The maximum Gasteiger partial charge on any atom is 0.0749 e. The van der Waals surface area contributed by atoms with Gasteiger partial charge in [0.2, 0.25) is 0 Å². The molecule has 0 radical (unpaired) electrons. The molecular formula is C15H18N2S. The maximum atomic E-state index is 9.16. The van der Waals surface area contributed by atoms with Crippen molar-refractivity contribution in [2.45, 2.75) is 30.6 Å². The highest BCUT2D eigenvalue weighted by molar-refractivity contribution is 7.99. The van der Waals surface area contributed by atoms with Gasteiger partial charge in [0.1, 0.15) is 0 Å². The summed E-state index contributed by atoms with van der Waals surface area (Å²) in [5, 5.41) is 9.16. The SMILES string of the molecule is CN(CC1(C#N)CC1)c1ccc2c(c1)CCCS2. The van der Waals surface area contributed by atoms with E-state index in [0.29, 0.717) is 0 Å². The number of thioether (sulfide) groups is 1. The molecule has 0 spiro atoms. The van der Waals surface area contributed by atoms with E-state index in [1.807, 2.05) is 11.8 Å². The fraction of sp³-hybridized carbons (Fsp3) is 0.533. The van der Waals surface area contributed by atoms with E-state index in [1.165, 1.54) is 34.7 Å². The Morgan fingerprint density at radius 3 is 3.00 bits per heavy atom. The molecule has 1 aliphatic heterocycles. The van der Waals surface area contributed by atoms with Crippen LogP contribution in [-0.2, 0) is 6.42 Å². The molecule has 1 aliphatic carbocycles. The molecule has 0 unspecified atom stereocenters. The summed E-state index contributed by atoms with van der Waals surface area (Å²) in [7, 11) is 2.11. The molecule has 1 aromatic carbocycles. The summed E-state index contributed by atoms with van der Waals surface area (Å²) in [6, 6.07) is 9.23. The first-order valence-corrected chi connectivity index (χ1v) is 7.59. The van der Waals surface area contributed by atoms with Gasteiger partial charge in [0.15, 0.2) is 0 Å². The van der Waals surface area contributed by atoms with Crippen LogP contribution in [0, 0.1) is 16.7 Å². The molecule has 3 rings (SSSR count). The molecule has 3 heteroatoms. The zero-order chi connectivity index (χ0) is 12.6. The fourth-order valence-corrected chi connectivity index (χ4v) is 3.60. The highest BCUT2D eigenvalue weighted by Gasteiger charge is 2.44. The molecule has 2 nitrogen and oxygen atoms in total. The number of fused-ring (bicyclic) bond motifs is 1. The third-order valence-electron chi connectivity index (χ3n) is 3.96. The highest BCUT2D eigenvalue weighted by Crippen LogP contribution is 2.46. The van der Waals surface area contributed by atoms with E-state index in [9.17, 15) is 0 Å². The average Bonchev–Trinajstić information content (AvgIpc) is 3.18. The highest BCUT2D eigenvalue weighted by atomic mass is 32.2. The van der Waals surface area contributed by atoms with E-state index in [4.69, 9.17) is 5.26 Å². The summed E-state index contributed by atoms with van der Waals surface area (Å²) in [5.74, 6) is 1.25. The summed E-state index contributed by atoms with van der Waals surface area (Å²) in [5.41, 5.74) is 2.69. The minimum atomic E-state index is -0.0561. The Morgan fingerprint density at radius 2 is 2.28 bits per heavy atom. The minimum absolute atomic E-state index is 0.0561. The van der Waals surface area contributed by atoms with Crippen LogP contribution < -0.4 is 4.90 Å². The molecule has 0 N–H and O–H groups in total. The molecule has 1 fully saturated rings. The number of hydrogen-bond donors (Lipinski definition) is 0. The van der Waals surface area contributed by atoms with E-state index < -0.39 is 0 Å². The summed E-state index contributed by atoms with van der Waals surface area (Å²) in [6.45, 7) is 0.870. The second-order valence-corrected chi connectivity index (χ2v) is 6.63. The second kappa shape index (κ2) is 4.51. The van der Waals surface area contributed by atoms with Crippen LogP contribution in [0.5, 0.6) is 0 Å². The Balaban J connectivity index is 1.78. The Labute approximate surface area is 113 Å². The molecule has 0 aromatic heterocycles. The van der Waals surface area contributed by atoms with Gasteiger partial charge in [-0.15, -0.1) is 11.8 Å². The van der Waals surface area contributed by atoms with Crippen molar-refractivity contribution >= 4 is 17.4 Å². The predicted molar refractivity (Wildman–Crippen MR) is 76.0 cm³/mol. The summed E-state index contributed by atoms with van der Waals surface area (Å²) in [6.07, 6.45) is 4.61. The first-order chi connectivity index (χ1) is 8.72. The van der Waals surface area contributed by atoms with Gasteiger partial charge in [-0.05, 0) is 55.2 Å². The largest absolute Gasteiger partial charge is 0.373 e. The van der Waals surface area contributed by atoms with Crippen LogP contribution in [0.2, 0.25) is 0 Å². The van der Waals surface area contributed by atoms with Crippen molar-refractivity contribution < 1.29 is 0 Å². The van der Waals surface area contributed by atoms with Crippen molar-refractivity contribution in [2.24, 2.45) is 5.41 Å². The average molecular weight is 258 g/mol. The van der Waals surface area contributed by atoms with Gasteiger partial charge in [-0.3, -0.25) is 0 Å². The molecular weight excluding hydrogens is 240 g/mol. The van der Waals surface area contributed by atoms with E-state index in [-0.39, 0.29) is 5.41 Å². The van der Waals surface area contributed by atoms with Gasteiger partial charge in [-0.25, -0.2) is 0 Å². The van der Waals surface area contributed by atoms with Crippen molar-refractivity contribution in [3.8, 4) is 6.07 Å². The molecule has 0 amide bonds. The quantitative estimate of drug-likeness (QED) is 0.830. The summed E-state index contributed by atoms with van der Waals surface area (Å²) in [4.78, 5) is 3.69. The van der Waals surface area contributed by atoms with Gasteiger partial charge in [-0.1, -0.05) is 0 Å². The van der Waals surface area contributed by atoms with Crippen LogP contribution >= 0.6 is 11.8 Å². The minimum Gasteiger partial charge on any atom is -0.373 e.